The van der Waals surface area contributed by atoms with Gasteiger partial charge < -0.3 is 19.4 Å². The SMILES string of the molecule is Cc1cn(-c2ccc(/C=C3\CCCN4CC[C@@H](C5C=CC(F)=CC5)ON=C34)cc2O)cn1. The van der Waals surface area contributed by atoms with E-state index in [1.807, 2.05) is 35.9 Å². The second kappa shape index (κ2) is 8.65. The molecule has 32 heavy (non-hydrogen) atoms. The van der Waals surface area contributed by atoms with Gasteiger partial charge in [0, 0.05) is 31.6 Å². The van der Waals surface area contributed by atoms with Crippen molar-refractivity contribution in [2.75, 3.05) is 13.1 Å². The van der Waals surface area contributed by atoms with Crippen LogP contribution in [0.2, 0.25) is 0 Å². The molecule has 1 aromatic carbocycles. The lowest BCUT2D eigenvalue weighted by atomic mass is 9.92. The molecule has 0 spiro atoms. The Morgan fingerprint density at radius 3 is 2.94 bits per heavy atom. The third kappa shape index (κ3) is 4.20. The first-order valence-electron chi connectivity index (χ1n) is 11.1. The zero-order valence-electron chi connectivity index (χ0n) is 18.1. The number of halogens is 1. The molecular formula is C25H27FN4O2. The molecular weight excluding hydrogens is 407 g/mol. The second-order valence-electron chi connectivity index (χ2n) is 8.63. The zero-order valence-corrected chi connectivity index (χ0v) is 18.1. The summed E-state index contributed by atoms with van der Waals surface area (Å²) in [6.45, 7) is 3.73. The average Bonchev–Trinajstić information content (AvgIpc) is 3.09. The maximum absolute atomic E-state index is 13.3. The number of amidine groups is 1. The molecule has 166 valence electrons. The van der Waals surface area contributed by atoms with Crippen molar-refractivity contribution in [3.8, 4) is 11.4 Å². The number of hydrogen-bond donors (Lipinski definition) is 1. The number of imidazole rings is 1. The van der Waals surface area contributed by atoms with Gasteiger partial charge in [0.05, 0.1) is 17.7 Å². The lowest BCUT2D eigenvalue weighted by Crippen LogP contribution is -2.37. The Kier molecular flexibility index (Phi) is 5.55. The number of fused-ring (bicyclic) bond motifs is 1. The molecule has 6 nitrogen and oxygen atoms in total. The number of aromatic hydroxyl groups is 1. The maximum Gasteiger partial charge on any atom is 0.171 e. The van der Waals surface area contributed by atoms with Crippen molar-refractivity contribution in [2.45, 2.75) is 38.7 Å². The minimum Gasteiger partial charge on any atom is -0.506 e. The molecule has 3 aliphatic rings. The van der Waals surface area contributed by atoms with Gasteiger partial charge in [-0.3, -0.25) is 0 Å². The van der Waals surface area contributed by atoms with Crippen molar-refractivity contribution in [2.24, 2.45) is 11.1 Å². The van der Waals surface area contributed by atoms with E-state index < -0.39 is 0 Å². The van der Waals surface area contributed by atoms with E-state index in [9.17, 15) is 9.50 Å². The number of oxime groups is 1. The van der Waals surface area contributed by atoms with Gasteiger partial charge in [-0.1, -0.05) is 17.3 Å². The fourth-order valence-corrected chi connectivity index (χ4v) is 4.59. The van der Waals surface area contributed by atoms with Crippen LogP contribution in [0.1, 0.15) is 36.9 Å². The van der Waals surface area contributed by atoms with Gasteiger partial charge in [-0.25, -0.2) is 9.37 Å². The first kappa shape index (κ1) is 20.5. The largest absolute Gasteiger partial charge is 0.506 e. The summed E-state index contributed by atoms with van der Waals surface area (Å²) in [4.78, 5) is 12.5. The first-order chi connectivity index (χ1) is 15.6. The maximum atomic E-state index is 13.3. The summed E-state index contributed by atoms with van der Waals surface area (Å²) >= 11 is 0. The predicted molar refractivity (Wildman–Crippen MR) is 122 cm³/mol. The quantitative estimate of drug-likeness (QED) is 0.747. The number of benzene rings is 1. The molecule has 2 atom stereocenters. The fourth-order valence-electron chi connectivity index (χ4n) is 4.59. The standard InChI is InChI=1S/C25H27FN4O2/c1-17-15-30(16-27-17)22-9-4-18(14-23(22)31)13-20-3-2-11-29-12-10-24(32-28-25(20)29)19-5-7-21(26)8-6-19/h4-5,7-9,13-16,19,24,31H,2-3,6,10-12H2,1H3/b20-13+/t19?,24-/m0/s1. The van der Waals surface area contributed by atoms with E-state index in [1.54, 1.807) is 18.5 Å². The fraction of sp³-hybridized carbons (Fsp3) is 0.360. The Morgan fingerprint density at radius 1 is 1.28 bits per heavy atom. The Balaban J connectivity index is 1.37. The smallest absolute Gasteiger partial charge is 0.171 e. The van der Waals surface area contributed by atoms with Gasteiger partial charge in [0.15, 0.2) is 5.84 Å². The number of nitrogens with zero attached hydrogens (tertiary/aromatic N) is 4. The Morgan fingerprint density at radius 2 is 2.19 bits per heavy atom. The molecule has 5 rings (SSSR count). The van der Waals surface area contributed by atoms with E-state index in [0.717, 1.165) is 55.0 Å². The summed E-state index contributed by atoms with van der Waals surface area (Å²) in [7, 11) is 0. The van der Waals surface area contributed by atoms with E-state index in [1.165, 1.54) is 6.08 Å². The summed E-state index contributed by atoms with van der Waals surface area (Å²) in [6.07, 6.45) is 14.1. The van der Waals surface area contributed by atoms with Crippen LogP contribution in [0.15, 0.2) is 65.5 Å². The number of rotatable bonds is 3. The van der Waals surface area contributed by atoms with Gasteiger partial charge in [0.1, 0.15) is 17.7 Å². The van der Waals surface area contributed by atoms with Crippen molar-refractivity contribution >= 4 is 11.9 Å². The van der Waals surface area contributed by atoms with Crippen molar-refractivity contribution < 1.29 is 14.3 Å². The normalized spacial score (nSPS) is 24.4. The summed E-state index contributed by atoms with van der Waals surface area (Å²) in [5.74, 6) is 1.03. The van der Waals surface area contributed by atoms with Gasteiger partial charge in [-0.2, -0.15) is 0 Å². The van der Waals surface area contributed by atoms with Crippen molar-refractivity contribution in [3.05, 3.63) is 71.6 Å². The van der Waals surface area contributed by atoms with Crippen molar-refractivity contribution in [3.63, 3.8) is 0 Å². The first-order valence-corrected chi connectivity index (χ1v) is 11.1. The van der Waals surface area contributed by atoms with Gasteiger partial charge in [-0.05, 0) is 67.7 Å². The van der Waals surface area contributed by atoms with Gasteiger partial charge >= 0.3 is 0 Å². The van der Waals surface area contributed by atoms with Crippen molar-refractivity contribution in [1.82, 2.24) is 14.5 Å². The minimum atomic E-state index is -0.179. The third-order valence-corrected chi connectivity index (χ3v) is 6.31. The summed E-state index contributed by atoms with van der Waals surface area (Å²) in [5, 5.41) is 15.1. The van der Waals surface area contributed by atoms with Crippen LogP contribution in [0.5, 0.6) is 5.75 Å². The highest BCUT2D eigenvalue weighted by Gasteiger charge is 2.30. The molecule has 7 heteroatoms. The van der Waals surface area contributed by atoms with Crippen LogP contribution in [0.4, 0.5) is 4.39 Å². The van der Waals surface area contributed by atoms with Crippen LogP contribution in [0.25, 0.3) is 11.8 Å². The number of phenolic OH excluding ortho intramolecular Hbond substituents is 1. The van der Waals surface area contributed by atoms with E-state index in [2.05, 4.69) is 21.1 Å². The highest BCUT2D eigenvalue weighted by atomic mass is 19.1. The average molecular weight is 435 g/mol. The van der Waals surface area contributed by atoms with Crippen LogP contribution in [-0.2, 0) is 4.84 Å². The van der Waals surface area contributed by atoms with Gasteiger partial charge in [0.2, 0.25) is 0 Å². The molecule has 1 fully saturated rings. The summed E-state index contributed by atoms with van der Waals surface area (Å²) < 4.78 is 15.1. The molecule has 1 unspecified atom stereocenters. The molecule has 3 heterocycles. The van der Waals surface area contributed by atoms with Gasteiger partial charge in [0.25, 0.3) is 0 Å². The molecule has 0 radical (unpaired) electrons. The molecule has 2 aromatic rings. The van der Waals surface area contributed by atoms with Crippen LogP contribution < -0.4 is 0 Å². The Hall–Kier alpha value is -3.35. The monoisotopic (exact) mass is 434 g/mol. The molecule has 1 saturated heterocycles. The number of hydrogen-bond acceptors (Lipinski definition) is 5. The van der Waals surface area contributed by atoms with E-state index in [4.69, 9.17) is 4.84 Å². The Labute approximate surface area is 187 Å². The van der Waals surface area contributed by atoms with E-state index >= 15 is 0 Å². The van der Waals surface area contributed by atoms with Crippen LogP contribution in [-0.4, -0.2) is 44.6 Å². The lowest BCUT2D eigenvalue weighted by molar-refractivity contribution is 0.0291. The number of allylic oxidation sites excluding steroid dienone is 3. The molecule has 0 amide bonds. The molecule has 1 N–H and O–H groups in total. The number of aryl methyl sites for hydroxylation is 1. The summed E-state index contributed by atoms with van der Waals surface area (Å²) in [6, 6.07) is 5.66. The zero-order chi connectivity index (χ0) is 22.1. The number of piperidine rings is 1. The number of aromatic nitrogens is 2. The van der Waals surface area contributed by atoms with Crippen LogP contribution in [0.3, 0.4) is 0 Å². The Bertz CT molecular complexity index is 1130. The van der Waals surface area contributed by atoms with Crippen LogP contribution in [0, 0.1) is 12.8 Å². The lowest BCUT2D eigenvalue weighted by Gasteiger charge is -2.30. The van der Waals surface area contributed by atoms with E-state index in [0.29, 0.717) is 12.1 Å². The molecule has 0 saturated carbocycles. The van der Waals surface area contributed by atoms with Gasteiger partial charge in [-0.15, -0.1) is 0 Å². The predicted octanol–water partition coefficient (Wildman–Crippen LogP) is 4.90. The van der Waals surface area contributed by atoms with Crippen LogP contribution >= 0.6 is 0 Å². The van der Waals surface area contributed by atoms with E-state index in [-0.39, 0.29) is 23.6 Å². The molecule has 2 aliphatic heterocycles. The summed E-state index contributed by atoms with van der Waals surface area (Å²) in [5.41, 5.74) is 3.61. The molecule has 1 aliphatic carbocycles. The number of phenols is 1. The van der Waals surface area contributed by atoms with Crippen molar-refractivity contribution in [1.29, 1.82) is 0 Å². The highest BCUT2D eigenvalue weighted by Crippen LogP contribution is 2.30. The second-order valence-corrected chi connectivity index (χ2v) is 8.63. The minimum absolute atomic E-state index is 0.0584. The molecule has 1 aromatic heterocycles. The molecule has 0 bridgehead atoms. The topological polar surface area (TPSA) is 62.9 Å². The third-order valence-electron chi connectivity index (χ3n) is 6.31. The highest BCUT2D eigenvalue weighted by molar-refractivity contribution is 6.02.